The highest BCUT2D eigenvalue weighted by Crippen LogP contribution is 2.45. The number of nitrogens with zero attached hydrogens (tertiary/aromatic N) is 6. The van der Waals surface area contributed by atoms with Gasteiger partial charge in [-0.1, -0.05) is 84.9 Å². The summed E-state index contributed by atoms with van der Waals surface area (Å²) in [6.07, 6.45) is 3.11. The van der Waals surface area contributed by atoms with Gasteiger partial charge in [-0.05, 0) is 48.5 Å². The first-order valence-corrected chi connectivity index (χ1v) is 15.0. The summed E-state index contributed by atoms with van der Waals surface area (Å²) in [5.41, 5.74) is 9.11. The number of benzene rings is 6. The Labute approximate surface area is 257 Å². The van der Waals surface area contributed by atoms with Gasteiger partial charge in [0.1, 0.15) is 12.7 Å². The zero-order valence-electron chi connectivity index (χ0n) is 24.0. The van der Waals surface area contributed by atoms with Crippen LogP contribution in [0.3, 0.4) is 0 Å². The minimum absolute atomic E-state index is 0.603. The minimum atomic E-state index is 0.603. The first-order chi connectivity index (χ1) is 22.4. The third-order valence-electron chi connectivity index (χ3n) is 9.07. The molecule has 4 heterocycles. The molecule has 210 valence electrons. The van der Waals surface area contributed by atoms with E-state index < -0.39 is 0 Å². The van der Waals surface area contributed by atoms with Crippen molar-refractivity contribution in [3.63, 3.8) is 0 Å². The quantitative estimate of drug-likeness (QED) is 0.211. The van der Waals surface area contributed by atoms with Gasteiger partial charge in [0.25, 0.3) is 0 Å². The summed E-state index contributed by atoms with van der Waals surface area (Å²) < 4.78 is 7.01. The van der Waals surface area contributed by atoms with Gasteiger partial charge in [0.2, 0.25) is 5.95 Å². The molecule has 45 heavy (non-hydrogen) atoms. The van der Waals surface area contributed by atoms with E-state index in [1.165, 1.54) is 49.0 Å². The lowest BCUT2D eigenvalue weighted by molar-refractivity contribution is 0.940. The van der Waals surface area contributed by atoms with Crippen molar-refractivity contribution in [2.24, 2.45) is 0 Å². The van der Waals surface area contributed by atoms with E-state index in [4.69, 9.17) is 0 Å². The lowest BCUT2D eigenvalue weighted by Crippen LogP contribution is -2.00. The number of hydrogen-bond donors (Lipinski definition) is 0. The number of fused-ring (bicyclic) bond motifs is 11. The Balaban J connectivity index is 1.48. The molecule has 0 aliphatic heterocycles. The number of hydrogen-bond acceptors (Lipinski definition) is 3. The van der Waals surface area contributed by atoms with Crippen molar-refractivity contribution in [2.45, 2.75) is 0 Å². The molecule has 0 fully saturated rings. The first kappa shape index (κ1) is 24.2. The molecule has 0 bridgehead atoms. The maximum atomic E-state index is 4.56. The van der Waals surface area contributed by atoms with Gasteiger partial charge in [-0.25, -0.2) is 15.0 Å². The summed E-state index contributed by atoms with van der Waals surface area (Å²) in [4.78, 5) is 13.2. The van der Waals surface area contributed by atoms with Gasteiger partial charge in [-0.2, -0.15) is 0 Å². The van der Waals surface area contributed by atoms with Gasteiger partial charge in [0.05, 0.1) is 33.1 Å². The van der Waals surface area contributed by atoms with Crippen molar-refractivity contribution in [1.82, 2.24) is 28.7 Å². The highest BCUT2D eigenvalue weighted by molar-refractivity contribution is 6.31. The average Bonchev–Trinajstić information content (AvgIpc) is 3.75. The Kier molecular flexibility index (Phi) is 4.90. The fourth-order valence-corrected chi connectivity index (χ4v) is 7.35. The maximum Gasteiger partial charge on any atom is 0.237 e. The summed E-state index contributed by atoms with van der Waals surface area (Å²) in [7, 11) is 0. The second-order valence-corrected chi connectivity index (χ2v) is 11.4. The van der Waals surface area contributed by atoms with Crippen LogP contribution in [0.1, 0.15) is 0 Å². The second kappa shape index (κ2) is 9.11. The molecule has 0 saturated heterocycles. The maximum absolute atomic E-state index is 4.56. The van der Waals surface area contributed by atoms with Gasteiger partial charge in [0.15, 0.2) is 0 Å². The monoisotopic (exact) mass is 576 g/mol. The lowest BCUT2D eigenvalue weighted by atomic mass is 10.1. The van der Waals surface area contributed by atoms with Crippen molar-refractivity contribution in [2.75, 3.05) is 0 Å². The summed E-state index contributed by atoms with van der Waals surface area (Å²) in [6, 6.07) is 47.7. The van der Waals surface area contributed by atoms with E-state index in [9.17, 15) is 0 Å². The molecule has 0 radical (unpaired) electrons. The molecular weight excluding hydrogens is 552 g/mol. The molecule has 0 amide bonds. The van der Waals surface area contributed by atoms with E-state index in [0.717, 1.165) is 27.8 Å². The Morgan fingerprint density at radius 1 is 0.356 bits per heavy atom. The predicted octanol–water partition coefficient (Wildman–Crippen LogP) is 9.16. The van der Waals surface area contributed by atoms with E-state index in [0.29, 0.717) is 5.95 Å². The number of aromatic nitrogens is 6. The standard InChI is InChI=1S/C39H24N6/c1-3-11-25(12-4-1)43-31-17-9-7-15-29(31)35-33(43)21-19-27-28-20-22-34-36(38(28)44(37(27)35)26-13-5-2-6-14-26)30-16-8-10-18-32(30)45(34)39-41-23-40-24-42-39/h1-24H. The van der Waals surface area contributed by atoms with Crippen molar-refractivity contribution in [3.8, 4) is 17.3 Å². The highest BCUT2D eigenvalue weighted by Gasteiger charge is 2.24. The molecular formula is C39H24N6. The zero-order chi connectivity index (χ0) is 29.5. The molecule has 10 rings (SSSR count). The highest BCUT2D eigenvalue weighted by atomic mass is 15.2. The van der Waals surface area contributed by atoms with E-state index in [1.54, 1.807) is 12.7 Å². The lowest BCUT2D eigenvalue weighted by Gasteiger charge is -2.11. The Morgan fingerprint density at radius 3 is 1.40 bits per heavy atom. The van der Waals surface area contributed by atoms with Crippen LogP contribution >= 0.6 is 0 Å². The SMILES string of the molecule is c1ccc(-n2c3ccccc3c3c2ccc2c4ccc5c(c6ccccc6n5-c5ncncn5)c4n(-c4ccccc4)c23)cc1. The van der Waals surface area contributed by atoms with Gasteiger partial charge in [-0.3, -0.25) is 4.57 Å². The van der Waals surface area contributed by atoms with Crippen molar-refractivity contribution < 1.29 is 0 Å². The van der Waals surface area contributed by atoms with Gasteiger partial charge in [0, 0.05) is 43.7 Å². The number of para-hydroxylation sites is 4. The largest absolute Gasteiger partial charge is 0.309 e. The summed E-state index contributed by atoms with van der Waals surface area (Å²) >= 11 is 0. The fourth-order valence-electron chi connectivity index (χ4n) is 7.35. The fraction of sp³-hybridized carbons (Fsp3) is 0. The van der Waals surface area contributed by atoms with Crippen molar-refractivity contribution >= 4 is 65.4 Å². The van der Waals surface area contributed by atoms with E-state index in [1.807, 2.05) is 0 Å². The van der Waals surface area contributed by atoms with Gasteiger partial charge < -0.3 is 9.13 Å². The van der Waals surface area contributed by atoms with Crippen molar-refractivity contribution in [3.05, 3.63) is 146 Å². The van der Waals surface area contributed by atoms with Crippen molar-refractivity contribution in [1.29, 1.82) is 0 Å². The van der Waals surface area contributed by atoms with E-state index in [-0.39, 0.29) is 0 Å². The van der Waals surface area contributed by atoms with E-state index in [2.05, 4.69) is 162 Å². The smallest absolute Gasteiger partial charge is 0.237 e. The van der Waals surface area contributed by atoms with Crippen LogP contribution in [-0.2, 0) is 0 Å². The summed E-state index contributed by atoms with van der Waals surface area (Å²) in [6.45, 7) is 0. The Bertz CT molecular complexity index is 2570. The van der Waals surface area contributed by atoms with Crippen LogP contribution in [-0.4, -0.2) is 28.7 Å². The predicted molar refractivity (Wildman–Crippen MR) is 183 cm³/mol. The Morgan fingerprint density at radius 2 is 0.822 bits per heavy atom. The van der Waals surface area contributed by atoms with Crippen LogP contribution in [0.15, 0.2) is 146 Å². The molecule has 6 heteroatoms. The average molecular weight is 577 g/mol. The molecule has 6 aromatic carbocycles. The van der Waals surface area contributed by atoms with Gasteiger partial charge in [-0.15, -0.1) is 0 Å². The second-order valence-electron chi connectivity index (χ2n) is 11.4. The molecule has 0 aliphatic carbocycles. The molecule has 0 aliphatic rings. The van der Waals surface area contributed by atoms with Crippen LogP contribution in [0.5, 0.6) is 0 Å². The van der Waals surface area contributed by atoms with Crippen LogP contribution in [0.4, 0.5) is 0 Å². The normalized spacial score (nSPS) is 12.0. The zero-order valence-corrected chi connectivity index (χ0v) is 24.0. The van der Waals surface area contributed by atoms with Crippen LogP contribution < -0.4 is 0 Å². The molecule has 0 spiro atoms. The molecule has 0 saturated carbocycles. The molecule has 0 N–H and O–H groups in total. The molecule has 0 unspecified atom stereocenters. The van der Waals surface area contributed by atoms with Crippen LogP contribution in [0.25, 0.3) is 82.7 Å². The molecule has 0 atom stereocenters. The van der Waals surface area contributed by atoms with Crippen LogP contribution in [0, 0.1) is 0 Å². The third-order valence-corrected chi connectivity index (χ3v) is 9.07. The minimum Gasteiger partial charge on any atom is -0.309 e. The Hall–Kier alpha value is -6.27. The number of rotatable bonds is 3. The molecule has 10 aromatic rings. The van der Waals surface area contributed by atoms with E-state index >= 15 is 0 Å². The first-order valence-electron chi connectivity index (χ1n) is 15.0. The van der Waals surface area contributed by atoms with Gasteiger partial charge >= 0.3 is 0 Å². The summed E-state index contributed by atoms with van der Waals surface area (Å²) in [5.74, 6) is 0.603. The molecule has 4 aromatic heterocycles. The summed E-state index contributed by atoms with van der Waals surface area (Å²) in [5, 5.41) is 7.21. The third kappa shape index (κ3) is 3.25. The molecule has 6 nitrogen and oxygen atoms in total. The van der Waals surface area contributed by atoms with Crippen LogP contribution in [0.2, 0.25) is 0 Å². The topological polar surface area (TPSA) is 53.5 Å².